The Balaban J connectivity index is 1.59. The van der Waals surface area contributed by atoms with Crippen molar-refractivity contribution in [3.05, 3.63) is 59.4 Å². The average Bonchev–Trinajstić information content (AvgIpc) is 3.16. The number of aromatic nitrogens is 1. The van der Waals surface area contributed by atoms with Crippen LogP contribution in [0.5, 0.6) is 0 Å². The zero-order valence-corrected chi connectivity index (χ0v) is 16.6. The summed E-state index contributed by atoms with van der Waals surface area (Å²) in [6.45, 7) is 0. The molecule has 3 nitrogen and oxygen atoms in total. The second kappa shape index (κ2) is 7.74. The fraction of sp³-hybridized carbons (Fsp3) is 0.455. The summed E-state index contributed by atoms with van der Waals surface area (Å²) >= 11 is 0. The van der Waals surface area contributed by atoms with Gasteiger partial charge in [-0.25, -0.2) is 4.39 Å². The van der Waals surface area contributed by atoms with Gasteiger partial charge in [-0.15, -0.1) is 0 Å². The number of pyridine rings is 1. The van der Waals surface area contributed by atoms with Crippen molar-refractivity contribution in [2.24, 2.45) is 11.8 Å². The van der Waals surface area contributed by atoms with Crippen molar-refractivity contribution in [2.45, 2.75) is 49.6 Å². The van der Waals surface area contributed by atoms with Gasteiger partial charge in [-0.2, -0.15) is 26.3 Å². The molecule has 1 saturated carbocycles. The Morgan fingerprint density at radius 1 is 0.906 bits per heavy atom. The largest absolute Gasteiger partial charge is 0.435 e. The number of anilines is 1. The lowest BCUT2D eigenvalue weighted by Crippen LogP contribution is -2.50. The van der Waals surface area contributed by atoms with E-state index in [2.05, 4.69) is 10.3 Å². The number of alkyl halides is 7. The van der Waals surface area contributed by atoms with E-state index in [-0.39, 0.29) is 35.6 Å². The van der Waals surface area contributed by atoms with Crippen LogP contribution >= 0.6 is 0 Å². The smallest absolute Gasteiger partial charge is 0.326 e. The summed E-state index contributed by atoms with van der Waals surface area (Å²) in [5.41, 5.74) is -5.44. The number of fused-ring (bicyclic) bond motifs is 3. The van der Waals surface area contributed by atoms with Crippen LogP contribution in [0.1, 0.15) is 41.9 Å². The van der Waals surface area contributed by atoms with Gasteiger partial charge in [0.25, 0.3) is 0 Å². The number of carbonyl (C=O) groups is 1. The Hall–Kier alpha value is -2.65. The van der Waals surface area contributed by atoms with E-state index in [4.69, 9.17) is 0 Å². The molecular formula is C22H19F7N2O. The van der Waals surface area contributed by atoms with Crippen LogP contribution in [0.2, 0.25) is 0 Å². The zero-order valence-electron chi connectivity index (χ0n) is 16.6. The first-order valence-corrected chi connectivity index (χ1v) is 10.1. The lowest BCUT2D eigenvalue weighted by Gasteiger charge is -2.34. The predicted molar refractivity (Wildman–Crippen MR) is 101 cm³/mol. The number of benzene rings is 1. The van der Waals surface area contributed by atoms with Crippen molar-refractivity contribution in [3.8, 4) is 0 Å². The highest BCUT2D eigenvalue weighted by Crippen LogP contribution is 2.55. The van der Waals surface area contributed by atoms with E-state index in [1.807, 2.05) is 0 Å². The van der Waals surface area contributed by atoms with Gasteiger partial charge in [0.15, 0.2) is 0 Å². The van der Waals surface area contributed by atoms with Crippen molar-refractivity contribution in [1.82, 2.24) is 4.98 Å². The molecule has 0 saturated heterocycles. The van der Waals surface area contributed by atoms with Gasteiger partial charge in [0, 0.05) is 29.6 Å². The molecule has 1 aromatic carbocycles. The zero-order chi connectivity index (χ0) is 23.3. The van der Waals surface area contributed by atoms with Crippen LogP contribution in [0.3, 0.4) is 0 Å². The highest BCUT2D eigenvalue weighted by atomic mass is 19.4. The fourth-order valence-corrected chi connectivity index (χ4v) is 5.06. The van der Waals surface area contributed by atoms with Gasteiger partial charge in [0.1, 0.15) is 0 Å². The summed E-state index contributed by atoms with van der Waals surface area (Å²) in [6, 6.07) is 5.72. The SMILES string of the molecule is O=C(Nc1ccncc1)C1CCC2c3ccc(C(F)(C(F)(F)F)C(F)(F)F)cc3CCC12. The normalized spacial score (nSPS) is 23.4. The Kier molecular flexibility index (Phi) is 5.45. The minimum Gasteiger partial charge on any atom is -0.326 e. The lowest BCUT2D eigenvalue weighted by atomic mass is 9.73. The van der Waals surface area contributed by atoms with Gasteiger partial charge in [-0.05, 0) is 60.8 Å². The van der Waals surface area contributed by atoms with E-state index >= 15 is 0 Å². The van der Waals surface area contributed by atoms with Crippen LogP contribution in [0.25, 0.3) is 0 Å². The summed E-state index contributed by atoms with van der Waals surface area (Å²) in [5.74, 6) is -0.769. The monoisotopic (exact) mass is 460 g/mol. The molecule has 172 valence electrons. The van der Waals surface area contributed by atoms with Crippen LogP contribution in [0.4, 0.5) is 36.4 Å². The molecule has 0 spiro atoms. The first kappa shape index (κ1) is 22.5. The molecule has 2 aliphatic carbocycles. The van der Waals surface area contributed by atoms with Gasteiger partial charge in [-0.3, -0.25) is 9.78 Å². The van der Waals surface area contributed by atoms with Crippen molar-refractivity contribution in [1.29, 1.82) is 0 Å². The van der Waals surface area contributed by atoms with Crippen LogP contribution in [-0.4, -0.2) is 23.2 Å². The summed E-state index contributed by atoms with van der Waals surface area (Å²) in [5, 5.41) is 2.82. The highest BCUT2D eigenvalue weighted by molar-refractivity contribution is 5.93. The fourth-order valence-electron chi connectivity index (χ4n) is 5.06. The molecule has 3 atom stereocenters. The minimum absolute atomic E-state index is 0.0875. The molecule has 0 bridgehead atoms. The third-order valence-corrected chi connectivity index (χ3v) is 6.58. The lowest BCUT2D eigenvalue weighted by molar-refractivity contribution is -0.348. The minimum atomic E-state index is -6.14. The van der Waals surface area contributed by atoms with Gasteiger partial charge < -0.3 is 5.32 Å². The Bertz CT molecular complexity index is 990. The van der Waals surface area contributed by atoms with E-state index in [1.54, 1.807) is 12.1 Å². The van der Waals surface area contributed by atoms with Crippen LogP contribution in [-0.2, 0) is 16.9 Å². The maximum absolute atomic E-state index is 14.4. The topological polar surface area (TPSA) is 42.0 Å². The van der Waals surface area contributed by atoms with Gasteiger partial charge >= 0.3 is 18.0 Å². The van der Waals surface area contributed by atoms with Gasteiger partial charge in [-0.1, -0.05) is 18.2 Å². The number of nitrogens with zero attached hydrogens (tertiary/aromatic N) is 1. The van der Waals surface area contributed by atoms with E-state index in [9.17, 15) is 35.5 Å². The van der Waals surface area contributed by atoms with Crippen LogP contribution in [0, 0.1) is 11.8 Å². The third kappa shape index (κ3) is 3.63. The summed E-state index contributed by atoms with van der Waals surface area (Å²) in [7, 11) is 0. The molecular weight excluding hydrogens is 441 g/mol. The highest BCUT2D eigenvalue weighted by Gasteiger charge is 2.73. The molecule has 1 amide bonds. The van der Waals surface area contributed by atoms with Crippen molar-refractivity contribution in [2.75, 3.05) is 5.32 Å². The van der Waals surface area contributed by atoms with E-state index in [0.29, 0.717) is 42.6 Å². The number of carbonyl (C=O) groups excluding carboxylic acids is 1. The summed E-state index contributed by atoms with van der Waals surface area (Å²) in [6.07, 6.45) is -7.48. The predicted octanol–water partition coefficient (Wildman–Crippen LogP) is 6.07. The van der Waals surface area contributed by atoms with Gasteiger partial charge in [0.05, 0.1) is 0 Å². The van der Waals surface area contributed by atoms with Crippen molar-refractivity contribution < 1.29 is 35.5 Å². The first-order valence-electron chi connectivity index (χ1n) is 10.1. The third-order valence-electron chi connectivity index (χ3n) is 6.58. The second-order valence-corrected chi connectivity index (χ2v) is 8.29. The maximum atomic E-state index is 14.4. The molecule has 0 radical (unpaired) electrons. The van der Waals surface area contributed by atoms with Crippen molar-refractivity contribution in [3.63, 3.8) is 0 Å². The molecule has 1 fully saturated rings. The van der Waals surface area contributed by atoms with E-state index in [0.717, 1.165) is 6.07 Å². The molecule has 32 heavy (non-hydrogen) atoms. The molecule has 2 aliphatic rings. The molecule has 3 unspecified atom stereocenters. The second-order valence-electron chi connectivity index (χ2n) is 8.29. The maximum Gasteiger partial charge on any atom is 0.435 e. The number of nitrogens with one attached hydrogen (secondary N) is 1. The Morgan fingerprint density at radius 2 is 1.56 bits per heavy atom. The molecule has 0 aliphatic heterocycles. The molecule has 1 aromatic heterocycles. The molecule has 2 aromatic rings. The molecule has 1 N–H and O–H groups in total. The number of hydrogen-bond donors (Lipinski definition) is 1. The number of amides is 1. The van der Waals surface area contributed by atoms with Gasteiger partial charge in [0.2, 0.25) is 5.91 Å². The van der Waals surface area contributed by atoms with Crippen molar-refractivity contribution >= 4 is 11.6 Å². The van der Waals surface area contributed by atoms with E-state index in [1.165, 1.54) is 12.4 Å². The quantitative estimate of drug-likeness (QED) is 0.566. The Morgan fingerprint density at radius 3 is 2.19 bits per heavy atom. The average molecular weight is 460 g/mol. The molecule has 10 heteroatoms. The van der Waals surface area contributed by atoms with Crippen LogP contribution in [0.15, 0.2) is 42.7 Å². The first-order chi connectivity index (χ1) is 14.9. The Labute approximate surface area is 179 Å². The number of hydrogen-bond acceptors (Lipinski definition) is 2. The van der Waals surface area contributed by atoms with E-state index < -0.39 is 23.6 Å². The number of aryl methyl sites for hydroxylation is 1. The summed E-state index contributed by atoms with van der Waals surface area (Å²) < 4.78 is 93.1. The standard InChI is InChI=1S/C22H19F7N2O/c23-20(21(24,25)26,22(27,28)29)13-2-4-15-12(11-13)1-3-17-16(15)5-6-18(17)19(32)31-14-7-9-30-10-8-14/h2,4,7-11,16-18H,1,3,5-6H2,(H,30,31,32). The summed E-state index contributed by atoms with van der Waals surface area (Å²) in [4.78, 5) is 16.6. The molecule has 1 heterocycles. The number of rotatable bonds is 3. The molecule has 4 rings (SSSR count). The number of halogens is 7. The van der Waals surface area contributed by atoms with Crippen LogP contribution < -0.4 is 5.32 Å².